The maximum absolute atomic E-state index is 12.4. The molecular formula is C17H20N6O3S. The van der Waals surface area contributed by atoms with Crippen molar-refractivity contribution in [1.29, 1.82) is 0 Å². The summed E-state index contributed by atoms with van der Waals surface area (Å²) in [6.07, 6.45) is 6.00. The number of nitrogens with one attached hydrogen (secondary N) is 1. The van der Waals surface area contributed by atoms with E-state index in [9.17, 15) is 14.4 Å². The second-order valence-electron chi connectivity index (χ2n) is 6.71. The van der Waals surface area contributed by atoms with Crippen LogP contribution in [0.4, 0.5) is 5.13 Å². The molecule has 142 valence electrons. The lowest BCUT2D eigenvalue weighted by atomic mass is 10.0. The lowest BCUT2D eigenvalue weighted by molar-refractivity contribution is -0.116. The zero-order valence-electron chi connectivity index (χ0n) is 15.2. The molecular weight excluding hydrogens is 368 g/mol. The predicted octanol–water partition coefficient (Wildman–Crippen LogP) is 0.798. The summed E-state index contributed by atoms with van der Waals surface area (Å²) >= 11 is 1.54. The fourth-order valence-electron chi connectivity index (χ4n) is 3.38. The standard InChI is InChI=1S/C17H20N6O3S/c1-21-14-13(15(25)22(2)17(21)26)23(9-18-14)8-7-12(24)20-16-19-10-5-3-4-6-11(10)27-16/h9H,3-8H2,1-2H3,(H,19,20,24). The molecule has 1 amide bonds. The largest absolute Gasteiger partial charge is 0.332 e. The van der Waals surface area contributed by atoms with Crippen molar-refractivity contribution in [3.05, 3.63) is 37.7 Å². The Morgan fingerprint density at radius 1 is 1.22 bits per heavy atom. The number of hydrogen-bond donors (Lipinski definition) is 1. The Balaban J connectivity index is 1.50. The highest BCUT2D eigenvalue weighted by molar-refractivity contribution is 7.15. The number of carbonyl (C=O) groups excluding carboxylic acids is 1. The third-order valence-electron chi connectivity index (χ3n) is 4.89. The Hall–Kier alpha value is -2.75. The fraction of sp³-hybridized carbons (Fsp3) is 0.471. The monoisotopic (exact) mass is 388 g/mol. The first-order chi connectivity index (χ1) is 13.0. The molecule has 0 spiro atoms. The number of carbonyl (C=O) groups is 1. The molecule has 4 rings (SSSR count). The molecule has 10 heteroatoms. The maximum Gasteiger partial charge on any atom is 0.332 e. The van der Waals surface area contributed by atoms with E-state index >= 15 is 0 Å². The topological polar surface area (TPSA) is 104 Å². The van der Waals surface area contributed by atoms with Crippen molar-refractivity contribution in [2.45, 2.75) is 38.6 Å². The molecule has 3 aromatic heterocycles. The second-order valence-corrected chi connectivity index (χ2v) is 7.79. The molecule has 3 aromatic rings. The number of aryl methyl sites for hydroxylation is 4. The van der Waals surface area contributed by atoms with Gasteiger partial charge in [-0.2, -0.15) is 0 Å². The van der Waals surface area contributed by atoms with Crippen molar-refractivity contribution >= 4 is 33.5 Å². The molecule has 0 bridgehead atoms. The van der Waals surface area contributed by atoms with Crippen molar-refractivity contribution in [1.82, 2.24) is 23.7 Å². The molecule has 0 radical (unpaired) electrons. The van der Waals surface area contributed by atoms with Gasteiger partial charge in [0.25, 0.3) is 5.56 Å². The Labute approximate surface area is 158 Å². The van der Waals surface area contributed by atoms with E-state index in [2.05, 4.69) is 15.3 Å². The van der Waals surface area contributed by atoms with Crippen LogP contribution in [0.15, 0.2) is 15.9 Å². The van der Waals surface area contributed by atoms with Crippen LogP contribution < -0.4 is 16.6 Å². The number of nitrogens with zero attached hydrogens (tertiary/aromatic N) is 5. The summed E-state index contributed by atoms with van der Waals surface area (Å²) in [6, 6.07) is 0. The Kier molecular flexibility index (Phi) is 4.42. The van der Waals surface area contributed by atoms with Crippen LogP contribution in [-0.2, 0) is 38.3 Å². The van der Waals surface area contributed by atoms with Crippen LogP contribution in [0.3, 0.4) is 0 Å². The SMILES string of the molecule is Cn1c(=O)c2c(ncn2CCC(=O)Nc2nc3c(s2)CCCC3)n(C)c1=O. The van der Waals surface area contributed by atoms with E-state index < -0.39 is 11.2 Å². The average Bonchev–Trinajstić information content (AvgIpc) is 3.26. The predicted molar refractivity (Wildman–Crippen MR) is 102 cm³/mol. The van der Waals surface area contributed by atoms with Crippen LogP contribution in [0.2, 0.25) is 0 Å². The molecule has 0 unspecified atom stereocenters. The molecule has 0 aromatic carbocycles. The van der Waals surface area contributed by atoms with Crippen molar-refractivity contribution in [3.63, 3.8) is 0 Å². The van der Waals surface area contributed by atoms with Crippen LogP contribution in [0.5, 0.6) is 0 Å². The van der Waals surface area contributed by atoms with Gasteiger partial charge in [0.15, 0.2) is 16.3 Å². The third kappa shape index (κ3) is 3.09. The number of rotatable bonds is 4. The van der Waals surface area contributed by atoms with Gasteiger partial charge in [-0.05, 0) is 25.7 Å². The van der Waals surface area contributed by atoms with Crippen molar-refractivity contribution in [2.75, 3.05) is 5.32 Å². The molecule has 0 aliphatic heterocycles. The summed E-state index contributed by atoms with van der Waals surface area (Å²) in [5.74, 6) is -0.162. The molecule has 0 fully saturated rings. The first kappa shape index (κ1) is 17.7. The average molecular weight is 388 g/mol. The minimum atomic E-state index is -0.428. The summed E-state index contributed by atoms with van der Waals surface area (Å²) in [5, 5.41) is 3.49. The number of aromatic nitrogens is 5. The first-order valence-corrected chi connectivity index (χ1v) is 9.66. The molecule has 3 heterocycles. The summed E-state index contributed by atoms with van der Waals surface area (Å²) < 4.78 is 3.98. The number of imidazole rings is 1. The van der Waals surface area contributed by atoms with E-state index in [1.807, 2.05) is 0 Å². The van der Waals surface area contributed by atoms with Crippen LogP contribution in [0, 0.1) is 0 Å². The van der Waals surface area contributed by atoms with Gasteiger partial charge in [0.1, 0.15) is 0 Å². The lowest BCUT2D eigenvalue weighted by Crippen LogP contribution is -2.37. The van der Waals surface area contributed by atoms with E-state index in [0.29, 0.717) is 22.8 Å². The molecule has 1 N–H and O–H groups in total. The Morgan fingerprint density at radius 2 is 2.00 bits per heavy atom. The molecule has 1 aliphatic carbocycles. The van der Waals surface area contributed by atoms with Crippen molar-refractivity contribution in [2.24, 2.45) is 14.1 Å². The first-order valence-electron chi connectivity index (χ1n) is 8.85. The quantitative estimate of drug-likeness (QED) is 0.712. The Bertz CT molecular complexity index is 1130. The number of amides is 1. The second kappa shape index (κ2) is 6.76. The van der Waals surface area contributed by atoms with Crippen LogP contribution >= 0.6 is 11.3 Å². The van der Waals surface area contributed by atoms with Crippen molar-refractivity contribution in [3.8, 4) is 0 Å². The minimum absolute atomic E-state index is 0.162. The van der Waals surface area contributed by atoms with Gasteiger partial charge in [0.2, 0.25) is 5.91 Å². The lowest BCUT2D eigenvalue weighted by Gasteiger charge is -2.06. The van der Waals surface area contributed by atoms with E-state index in [4.69, 9.17) is 0 Å². The van der Waals surface area contributed by atoms with Crippen LogP contribution in [0.25, 0.3) is 11.2 Å². The summed E-state index contributed by atoms with van der Waals surface area (Å²) in [6.45, 7) is 0.293. The minimum Gasteiger partial charge on any atom is -0.324 e. The number of hydrogen-bond acceptors (Lipinski definition) is 6. The fourth-order valence-corrected chi connectivity index (χ4v) is 4.44. The van der Waals surface area contributed by atoms with Crippen LogP contribution in [-0.4, -0.2) is 29.6 Å². The van der Waals surface area contributed by atoms with Crippen LogP contribution in [0.1, 0.15) is 29.8 Å². The summed E-state index contributed by atoms with van der Waals surface area (Å²) in [7, 11) is 3.00. The molecule has 0 saturated carbocycles. The van der Waals surface area contributed by atoms with Gasteiger partial charge in [-0.15, -0.1) is 11.3 Å². The van der Waals surface area contributed by atoms with Gasteiger partial charge in [0, 0.05) is 31.9 Å². The molecule has 9 nitrogen and oxygen atoms in total. The highest BCUT2D eigenvalue weighted by Crippen LogP contribution is 2.29. The number of fused-ring (bicyclic) bond motifs is 2. The van der Waals surface area contributed by atoms with E-state index in [-0.39, 0.29) is 12.3 Å². The summed E-state index contributed by atoms with van der Waals surface area (Å²) in [4.78, 5) is 46.6. The zero-order chi connectivity index (χ0) is 19.1. The van der Waals surface area contributed by atoms with Gasteiger partial charge >= 0.3 is 5.69 Å². The van der Waals surface area contributed by atoms with Crippen molar-refractivity contribution < 1.29 is 4.79 Å². The van der Waals surface area contributed by atoms with E-state index in [1.54, 1.807) is 23.0 Å². The van der Waals surface area contributed by atoms with Gasteiger partial charge in [0.05, 0.1) is 12.0 Å². The van der Waals surface area contributed by atoms with E-state index in [1.165, 1.54) is 29.2 Å². The van der Waals surface area contributed by atoms with Gasteiger partial charge < -0.3 is 9.88 Å². The van der Waals surface area contributed by atoms with Gasteiger partial charge in [-0.25, -0.2) is 14.8 Å². The molecule has 27 heavy (non-hydrogen) atoms. The molecule has 1 aliphatic rings. The Morgan fingerprint density at radius 3 is 2.78 bits per heavy atom. The molecule has 0 saturated heterocycles. The van der Waals surface area contributed by atoms with E-state index in [0.717, 1.165) is 29.5 Å². The van der Waals surface area contributed by atoms with Gasteiger partial charge in [-0.3, -0.25) is 18.7 Å². The highest BCUT2D eigenvalue weighted by Gasteiger charge is 2.17. The maximum atomic E-state index is 12.4. The number of anilines is 1. The molecule has 0 atom stereocenters. The third-order valence-corrected chi connectivity index (χ3v) is 5.96. The normalized spacial score (nSPS) is 13.7. The highest BCUT2D eigenvalue weighted by atomic mass is 32.1. The summed E-state index contributed by atoms with van der Waals surface area (Å²) in [5.41, 5.74) is 0.890. The number of thiazole rings is 1. The zero-order valence-corrected chi connectivity index (χ0v) is 16.0. The van der Waals surface area contributed by atoms with Gasteiger partial charge in [-0.1, -0.05) is 0 Å². The smallest absolute Gasteiger partial charge is 0.324 e.